The monoisotopic (exact) mass is 449 g/mol. The summed E-state index contributed by atoms with van der Waals surface area (Å²) in [6, 6.07) is 12.1. The summed E-state index contributed by atoms with van der Waals surface area (Å²) in [5, 5.41) is 19.6. The Morgan fingerprint density at radius 3 is 2.58 bits per heavy atom. The van der Waals surface area contributed by atoms with E-state index in [0.29, 0.717) is 11.1 Å². The molecule has 5 nitrogen and oxygen atoms in total. The maximum Gasteiger partial charge on any atom is 0.331 e. The fourth-order valence-electron chi connectivity index (χ4n) is 2.52. The molecule has 1 saturated heterocycles. The molecule has 2 aromatic carbocycles. The van der Waals surface area contributed by atoms with E-state index in [2.05, 4.69) is 15.9 Å². The molecular weight excluding hydrogens is 438 g/mol. The number of benzene rings is 2. The molecule has 0 aliphatic carbocycles. The summed E-state index contributed by atoms with van der Waals surface area (Å²) < 4.78 is 0.900. The number of aliphatic carboxylic acids is 1. The van der Waals surface area contributed by atoms with Gasteiger partial charge in [-0.3, -0.25) is 9.69 Å². The number of phenols is 1. The fraction of sp³-hybridized carbons (Fsp3) is 0.0556. The SMILES string of the molecule is O=C(O)C(c1ccccc1)N1C(=O)/C(=C\c2cc(Br)ccc2O)SC1=S. The Hall–Kier alpha value is -2.16. The summed E-state index contributed by atoms with van der Waals surface area (Å²) in [5.74, 6) is -1.66. The van der Waals surface area contributed by atoms with Gasteiger partial charge < -0.3 is 10.2 Å². The highest BCUT2D eigenvalue weighted by atomic mass is 79.9. The number of carbonyl (C=O) groups is 2. The quantitative estimate of drug-likeness (QED) is 0.538. The van der Waals surface area contributed by atoms with Crippen LogP contribution in [0.5, 0.6) is 5.75 Å². The maximum atomic E-state index is 12.8. The first-order valence-electron chi connectivity index (χ1n) is 7.42. The van der Waals surface area contributed by atoms with Crippen molar-refractivity contribution >= 4 is 62.2 Å². The standard InChI is InChI=1S/C18H12BrNO4S2/c19-12-6-7-13(21)11(8-12)9-14-16(22)20(18(25)26-14)15(17(23)24)10-4-2-1-3-5-10/h1-9,15,21H,(H,23,24)/b14-9+. The molecule has 0 aromatic heterocycles. The lowest BCUT2D eigenvalue weighted by atomic mass is 10.1. The largest absolute Gasteiger partial charge is 0.507 e. The molecule has 1 fully saturated rings. The van der Waals surface area contributed by atoms with Gasteiger partial charge in [-0.25, -0.2) is 4.79 Å². The van der Waals surface area contributed by atoms with Crippen LogP contribution in [0.2, 0.25) is 0 Å². The van der Waals surface area contributed by atoms with Gasteiger partial charge in [-0.15, -0.1) is 0 Å². The van der Waals surface area contributed by atoms with Gasteiger partial charge in [0.25, 0.3) is 5.91 Å². The number of carbonyl (C=O) groups excluding carboxylic acids is 1. The zero-order valence-electron chi connectivity index (χ0n) is 13.1. The zero-order valence-corrected chi connectivity index (χ0v) is 16.3. The average Bonchev–Trinajstić information content (AvgIpc) is 2.87. The second-order valence-electron chi connectivity index (χ2n) is 5.41. The summed E-state index contributed by atoms with van der Waals surface area (Å²) in [7, 11) is 0. The zero-order chi connectivity index (χ0) is 18.8. The van der Waals surface area contributed by atoms with Crippen LogP contribution < -0.4 is 0 Å². The third-order valence-electron chi connectivity index (χ3n) is 3.71. The van der Waals surface area contributed by atoms with E-state index in [9.17, 15) is 19.8 Å². The van der Waals surface area contributed by atoms with Crippen molar-refractivity contribution in [1.82, 2.24) is 4.90 Å². The van der Waals surface area contributed by atoms with Crippen molar-refractivity contribution in [2.75, 3.05) is 0 Å². The molecule has 8 heteroatoms. The molecule has 132 valence electrons. The van der Waals surface area contributed by atoms with Crippen LogP contribution in [0.25, 0.3) is 6.08 Å². The van der Waals surface area contributed by atoms with Crippen molar-refractivity contribution < 1.29 is 19.8 Å². The Labute approximate surface area is 167 Å². The minimum atomic E-state index is -1.20. The third-order valence-corrected chi connectivity index (χ3v) is 5.53. The number of carboxylic acids is 1. The van der Waals surface area contributed by atoms with Crippen LogP contribution in [0, 0.1) is 0 Å². The first kappa shape index (κ1) is 18.6. The first-order chi connectivity index (χ1) is 12.4. The number of halogens is 1. The molecule has 26 heavy (non-hydrogen) atoms. The summed E-state index contributed by atoms with van der Waals surface area (Å²) in [4.78, 5) is 26.0. The van der Waals surface area contributed by atoms with E-state index < -0.39 is 17.9 Å². The van der Waals surface area contributed by atoms with Gasteiger partial charge in [-0.2, -0.15) is 0 Å². The molecule has 2 N–H and O–H groups in total. The smallest absolute Gasteiger partial charge is 0.331 e. The van der Waals surface area contributed by atoms with Gasteiger partial charge in [-0.05, 0) is 29.8 Å². The van der Waals surface area contributed by atoms with Crippen LogP contribution in [0.4, 0.5) is 0 Å². The van der Waals surface area contributed by atoms with Crippen molar-refractivity contribution in [3.63, 3.8) is 0 Å². The van der Waals surface area contributed by atoms with E-state index in [1.54, 1.807) is 42.5 Å². The predicted octanol–water partition coefficient (Wildman–Crippen LogP) is 4.18. The molecular formula is C18H12BrNO4S2. The second-order valence-corrected chi connectivity index (χ2v) is 8.00. The highest BCUT2D eigenvalue weighted by Crippen LogP contribution is 2.39. The number of hydrogen-bond acceptors (Lipinski definition) is 5. The molecule has 0 bridgehead atoms. The lowest BCUT2D eigenvalue weighted by Gasteiger charge is -2.23. The molecule has 1 amide bonds. The molecule has 1 atom stereocenters. The second kappa shape index (κ2) is 7.61. The predicted molar refractivity (Wildman–Crippen MR) is 108 cm³/mol. The van der Waals surface area contributed by atoms with E-state index in [1.165, 1.54) is 12.1 Å². The molecule has 1 aliphatic heterocycles. The van der Waals surface area contributed by atoms with E-state index >= 15 is 0 Å². The lowest BCUT2D eigenvalue weighted by Crippen LogP contribution is -2.37. The first-order valence-corrected chi connectivity index (χ1v) is 9.43. The number of thiocarbonyl (C=S) groups is 1. The summed E-state index contributed by atoms with van der Waals surface area (Å²) in [6.45, 7) is 0. The summed E-state index contributed by atoms with van der Waals surface area (Å²) in [6.07, 6.45) is 1.50. The Morgan fingerprint density at radius 2 is 1.92 bits per heavy atom. The Morgan fingerprint density at radius 1 is 1.23 bits per heavy atom. The van der Waals surface area contributed by atoms with Crippen molar-refractivity contribution in [2.45, 2.75) is 6.04 Å². The number of thioether (sulfide) groups is 1. The van der Waals surface area contributed by atoms with Crippen LogP contribution in [0.3, 0.4) is 0 Å². The van der Waals surface area contributed by atoms with Crippen molar-refractivity contribution in [1.29, 1.82) is 0 Å². The van der Waals surface area contributed by atoms with Crippen molar-refractivity contribution in [3.05, 3.63) is 69.0 Å². The number of rotatable bonds is 4. The van der Waals surface area contributed by atoms with Crippen LogP contribution in [0.1, 0.15) is 17.2 Å². The molecule has 2 aromatic rings. The Kier molecular flexibility index (Phi) is 5.45. The maximum absolute atomic E-state index is 12.8. The topological polar surface area (TPSA) is 77.8 Å². The number of carboxylic acid groups (broad SMARTS) is 1. The highest BCUT2D eigenvalue weighted by Gasteiger charge is 2.41. The highest BCUT2D eigenvalue weighted by molar-refractivity contribution is 9.10. The van der Waals surface area contributed by atoms with Gasteiger partial charge >= 0.3 is 5.97 Å². The van der Waals surface area contributed by atoms with E-state index in [1.807, 2.05) is 0 Å². The summed E-state index contributed by atoms with van der Waals surface area (Å²) >= 11 is 9.58. The van der Waals surface area contributed by atoms with Crippen LogP contribution in [0.15, 0.2) is 57.9 Å². The van der Waals surface area contributed by atoms with Crippen LogP contribution in [-0.2, 0) is 9.59 Å². The van der Waals surface area contributed by atoms with Gasteiger partial charge in [-0.1, -0.05) is 70.2 Å². The molecule has 1 heterocycles. The molecule has 1 aliphatic rings. The molecule has 0 spiro atoms. The number of hydrogen-bond donors (Lipinski definition) is 2. The van der Waals surface area contributed by atoms with Gasteiger partial charge in [0.2, 0.25) is 0 Å². The van der Waals surface area contributed by atoms with Crippen molar-refractivity contribution in [3.8, 4) is 5.75 Å². The third kappa shape index (κ3) is 3.67. The van der Waals surface area contributed by atoms with Gasteiger partial charge in [0.15, 0.2) is 6.04 Å². The van der Waals surface area contributed by atoms with Gasteiger partial charge in [0.1, 0.15) is 10.1 Å². The normalized spacial score (nSPS) is 17.0. The van der Waals surface area contributed by atoms with E-state index in [0.717, 1.165) is 21.1 Å². The number of nitrogens with zero attached hydrogens (tertiary/aromatic N) is 1. The number of amides is 1. The average molecular weight is 450 g/mol. The van der Waals surface area contributed by atoms with Crippen molar-refractivity contribution in [2.24, 2.45) is 0 Å². The summed E-state index contributed by atoms with van der Waals surface area (Å²) in [5.41, 5.74) is 0.898. The minimum absolute atomic E-state index is 0.0105. The molecule has 3 rings (SSSR count). The number of phenolic OH excluding ortho intramolecular Hbond substituents is 1. The Bertz CT molecular complexity index is 930. The minimum Gasteiger partial charge on any atom is -0.507 e. The van der Waals surface area contributed by atoms with Crippen LogP contribution in [-0.4, -0.2) is 31.3 Å². The Balaban J connectivity index is 1.99. The van der Waals surface area contributed by atoms with E-state index in [-0.39, 0.29) is 15.0 Å². The lowest BCUT2D eigenvalue weighted by molar-refractivity contribution is -0.145. The van der Waals surface area contributed by atoms with E-state index in [4.69, 9.17) is 12.2 Å². The van der Waals surface area contributed by atoms with Gasteiger partial charge in [0, 0.05) is 10.0 Å². The number of aromatic hydroxyl groups is 1. The molecule has 0 radical (unpaired) electrons. The molecule has 0 saturated carbocycles. The van der Waals surface area contributed by atoms with Crippen LogP contribution >= 0.6 is 39.9 Å². The van der Waals surface area contributed by atoms with Gasteiger partial charge in [0.05, 0.1) is 4.91 Å². The molecule has 1 unspecified atom stereocenters. The fourth-order valence-corrected chi connectivity index (χ4v) is 4.20.